The molecule has 5 heteroatoms. The maximum Gasteiger partial charge on any atom is 0.327 e. The van der Waals surface area contributed by atoms with Crippen molar-refractivity contribution in [3.63, 3.8) is 0 Å². The minimum atomic E-state index is -0.951. The van der Waals surface area contributed by atoms with Gasteiger partial charge in [-0.2, -0.15) is 0 Å². The van der Waals surface area contributed by atoms with Crippen molar-refractivity contribution in [2.45, 2.75) is 6.04 Å². The quantitative estimate of drug-likeness (QED) is 0.787. The van der Waals surface area contributed by atoms with E-state index < -0.39 is 12.0 Å². The molecule has 3 N–H and O–H groups in total. The third-order valence-electron chi connectivity index (χ3n) is 1.78. The molecule has 1 rings (SSSR count). The van der Waals surface area contributed by atoms with Gasteiger partial charge in [-0.1, -0.05) is 22.0 Å². The highest BCUT2D eigenvalue weighted by atomic mass is 79.9. The number of phenols is 1. The van der Waals surface area contributed by atoms with Crippen LogP contribution in [-0.2, 0) is 9.53 Å². The lowest BCUT2D eigenvalue weighted by molar-refractivity contribution is -0.142. The fraction of sp³-hybridized carbons (Fsp3) is 0.222. The van der Waals surface area contributed by atoms with Gasteiger partial charge in [0.05, 0.1) is 7.11 Å². The molecule has 0 heterocycles. The molecule has 0 fully saturated rings. The van der Waals surface area contributed by atoms with E-state index >= 15 is 0 Å². The summed E-state index contributed by atoms with van der Waals surface area (Å²) in [5.74, 6) is -0.611. The lowest BCUT2D eigenvalue weighted by atomic mass is 10.1. The van der Waals surface area contributed by atoms with Crippen LogP contribution in [-0.4, -0.2) is 18.2 Å². The molecule has 76 valence electrons. The van der Waals surface area contributed by atoms with Gasteiger partial charge in [0.2, 0.25) is 0 Å². The number of phenolic OH excluding ortho intramolecular Hbond substituents is 1. The molecule has 0 aliphatic heterocycles. The molecule has 4 nitrogen and oxygen atoms in total. The molecule has 0 radical (unpaired) electrons. The Balaban J connectivity index is 3.01. The van der Waals surface area contributed by atoms with Crippen molar-refractivity contribution in [1.29, 1.82) is 0 Å². The van der Waals surface area contributed by atoms with E-state index in [1.54, 1.807) is 12.1 Å². The van der Waals surface area contributed by atoms with E-state index in [4.69, 9.17) is 5.73 Å². The van der Waals surface area contributed by atoms with Crippen molar-refractivity contribution >= 4 is 21.9 Å². The van der Waals surface area contributed by atoms with E-state index in [9.17, 15) is 9.90 Å². The predicted octanol–water partition coefficient (Wildman–Crippen LogP) is 1.33. The number of ether oxygens (including phenoxy) is 1. The Hall–Kier alpha value is -1.07. The molecule has 0 unspecified atom stereocenters. The summed E-state index contributed by atoms with van der Waals surface area (Å²) in [4.78, 5) is 11.1. The van der Waals surface area contributed by atoms with Crippen molar-refractivity contribution in [2.75, 3.05) is 7.11 Å². The number of rotatable bonds is 2. The number of nitrogens with two attached hydrogens (primary N) is 1. The summed E-state index contributed by atoms with van der Waals surface area (Å²) in [6.07, 6.45) is 0. The second-order valence-corrected chi connectivity index (χ2v) is 3.62. The van der Waals surface area contributed by atoms with Crippen molar-refractivity contribution in [1.82, 2.24) is 0 Å². The Kier molecular flexibility index (Phi) is 3.49. The first-order valence-corrected chi connectivity index (χ1v) is 4.67. The van der Waals surface area contributed by atoms with E-state index in [1.165, 1.54) is 13.2 Å². The number of carbonyl (C=O) groups is 1. The van der Waals surface area contributed by atoms with Gasteiger partial charge in [-0.05, 0) is 12.1 Å². The van der Waals surface area contributed by atoms with Gasteiger partial charge < -0.3 is 15.6 Å². The summed E-state index contributed by atoms with van der Waals surface area (Å²) < 4.78 is 5.18. The van der Waals surface area contributed by atoms with Crippen LogP contribution in [0.3, 0.4) is 0 Å². The Morgan fingerprint density at radius 2 is 2.29 bits per heavy atom. The molecule has 0 bridgehead atoms. The third kappa shape index (κ3) is 2.24. The fourth-order valence-electron chi connectivity index (χ4n) is 1.03. The molecule has 0 saturated carbocycles. The molecule has 0 amide bonds. The van der Waals surface area contributed by atoms with Crippen LogP contribution in [0.15, 0.2) is 22.7 Å². The summed E-state index contributed by atoms with van der Waals surface area (Å²) >= 11 is 3.18. The lowest BCUT2D eigenvalue weighted by Gasteiger charge is -2.11. The minimum Gasteiger partial charge on any atom is -0.508 e. The van der Waals surface area contributed by atoms with Crippen LogP contribution in [0.25, 0.3) is 0 Å². The van der Waals surface area contributed by atoms with Gasteiger partial charge in [0.1, 0.15) is 11.8 Å². The van der Waals surface area contributed by atoms with Gasteiger partial charge >= 0.3 is 5.97 Å². The molecule has 0 aromatic heterocycles. The zero-order chi connectivity index (χ0) is 10.7. The summed E-state index contributed by atoms with van der Waals surface area (Å²) in [6, 6.07) is 3.78. The maximum absolute atomic E-state index is 11.1. The summed E-state index contributed by atoms with van der Waals surface area (Å²) in [6.45, 7) is 0. The van der Waals surface area contributed by atoms with Gasteiger partial charge in [0.15, 0.2) is 0 Å². The minimum absolute atomic E-state index is 0.0303. The Bertz CT molecular complexity index is 354. The van der Waals surface area contributed by atoms with Gasteiger partial charge in [0, 0.05) is 10.0 Å². The van der Waals surface area contributed by atoms with E-state index in [0.29, 0.717) is 5.56 Å². The largest absolute Gasteiger partial charge is 0.508 e. The zero-order valence-electron chi connectivity index (χ0n) is 7.53. The molecule has 1 aromatic carbocycles. The standard InChI is InChI=1S/C9H10BrNO3/c1-14-9(13)8(11)6-3-2-5(10)4-7(6)12/h2-4,8,12H,11H2,1H3/t8-/m1/s1. The number of esters is 1. The second kappa shape index (κ2) is 4.43. The molecular weight excluding hydrogens is 250 g/mol. The first kappa shape index (κ1) is 11.0. The molecule has 0 saturated heterocycles. The number of hydrogen-bond donors (Lipinski definition) is 2. The van der Waals surface area contributed by atoms with Gasteiger partial charge in [-0.3, -0.25) is 4.79 Å². The highest BCUT2D eigenvalue weighted by Crippen LogP contribution is 2.26. The van der Waals surface area contributed by atoms with Crippen molar-refractivity contribution in [3.05, 3.63) is 28.2 Å². The van der Waals surface area contributed by atoms with E-state index in [-0.39, 0.29) is 5.75 Å². The number of methoxy groups -OCH3 is 1. The van der Waals surface area contributed by atoms with Crippen LogP contribution in [0.4, 0.5) is 0 Å². The number of halogens is 1. The monoisotopic (exact) mass is 259 g/mol. The highest BCUT2D eigenvalue weighted by Gasteiger charge is 2.19. The smallest absolute Gasteiger partial charge is 0.327 e. The fourth-order valence-corrected chi connectivity index (χ4v) is 1.38. The van der Waals surface area contributed by atoms with E-state index in [2.05, 4.69) is 20.7 Å². The summed E-state index contributed by atoms with van der Waals surface area (Å²) in [7, 11) is 1.25. The van der Waals surface area contributed by atoms with Crippen molar-refractivity contribution in [2.24, 2.45) is 5.73 Å². The number of benzene rings is 1. The highest BCUT2D eigenvalue weighted by molar-refractivity contribution is 9.10. The Labute approximate surface area is 89.8 Å². The maximum atomic E-state index is 11.1. The summed E-state index contributed by atoms with van der Waals surface area (Å²) in [5.41, 5.74) is 5.90. The first-order chi connectivity index (χ1) is 6.56. The second-order valence-electron chi connectivity index (χ2n) is 2.70. The number of hydrogen-bond acceptors (Lipinski definition) is 4. The number of carbonyl (C=O) groups excluding carboxylic acids is 1. The van der Waals surface area contributed by atoms with E-state index in [1.807, 2.05) is 0 Å². The third-order valence-corrected chi connectivity index (χ3v) is 2.28. The van der Waals surface area contributed by atoms with Crippen LogP contribution in [0.5, 0.6) is 5.75 Å². The molecule has 0 aliphatic rings. The van der Waals surface area contributed by atoms with Gasteiger partial charge in [0.25, 0.3) is 0 Å². The van der Waals surface area contributed by atoms with Gasteiger partial charge in [-0.15, -0.1) is 0 Å². The Morgan fingerprint density at radius 1 is 1.64 bits per heavy atom. The van der Waals surface area contributed by atoms with E-state index in [0.717, 1.165) is 4.47 Å². The number of aromatic hydroxyl groups is 1. The van der Waals surface area contributed by atoms with Crippen molar-refractivity contribution < 1.29 is 14.6 Å². The SMILES string of the molecule is COC(=O)[C@H](N)c1ccc(Br)cc1O. The Morgan fingerprint density at radius 3 is 2.79 bits per heavy atom. The average Bonchev–Trinajstić information content (AvgIpc) is 2.15. The molecule has 0 spiro atoms. The molecular formula is C9H10BrNO3. The average molecular weight is 260 g/mol. The van der Waals surface area contributed by atoms with Gasteiger partial charge in [-0.25, -0.2) is 0 Å². The predicted molar refractivity (Wildman–Crippen MR) is 54.8 cm³/mol. The van der Waals surface area contributed by atoms with Crippen LogP contribution in [0.1, 0.15) is 11.6 Å². The molecule has 0 aliphatic carbocycles. The van der Waals surface area contributed by atoms with Crippen LogP contribution in [0.2, 0.25) is 0 Å². The first-order valence-electron chi connectivity index (χ1n) is 3.88. The van der Waals surface area contributed by atoms with Crippen LogP contribution in [0, 0.1) is 0 Å². The van der Waals surface area contributed by atoms with Crippen molar-refractivity contribution in [3.8, 4) is 5.75 Å². The summed E-state index contributed by atoms with van der Waals surface area (Å²) in [5, 5.41) is 9.49. The topological polar surface area (TPSA) is 72.5 Å². The normalized spacial score (nSPS) is 12.2. The molecule has 14 heavy (non-hydrogen) atoms. The molecule has 1 aromatic rings. The molecule has 1 atom stereocenters. The van der Waals surface area contributed by atoms with Crippen LogP contribution < -0.4 is 5.73 Å². The zero-order valence-corrected chi connectivity index (χ0v) is 9.11. The van der Waals surface area contributed by atoms with Crippen LogP contribution >= 0.6 is 15.9 Å². The lowest BCUT2D eigenvalue weighted by Crippen LogP contribution is -2.22.